The number of halogens is 1. The van der Waals surface area contributed by atoms with E-state index in [0.717, 1.165) is 9.13 Å². The highest BCUT2D eigenvalue weighted by Gasteiger charge is 2.12. The van der Waals surface area contributed by atoms with Crippen molar-refractivity contribution in [2.24, 2.45) is 0 Å². The lowest BCUT2D eigenvalue weighted by molar-refractivity contribution is 0.184. The van der Waals surface area contributed by atoms with Gasteiger partial charge in [-0.15, -0.1) is 0 Å². The van der Waals surface area contributed by atoms with Gasteiger partial charge in [0.05, 0.1) is 0 Å². The Hall–Kier alpha value is -0.950. The molecule has 1 atom stereocenters. The van der Waals surface area contributed by atoms with Crippen LogP contribution in [-0.2, 0) is 0 Å². The number of aliphatic hydroxyl groups is 1. The summed E-state index contributed by atoms with van der Waals surface area (Å²) in [5.41, 5.74) is 0.862. The van der Waals surface area contributed by atoms with Gasteiger partial charge in [0, 0.05) is 9.13 Å². The van der Waals surface area contributed by atoms with E-state index in [0.29, 0.717) is 11.7 Å². The maximum atomic E-state index is 9.25. The molecule has 0 aliphatic rings. The summed E-state index contributed by atoms with van der Waals surface area (Å²) < 4.78 is 6.14. The number of nitrogens with zero attached hydrogens (tertiary/aromatic N) is 2. The first-order valence-electron chi connectivity index (χ1n) is 4.44. The molecule has 5 heteroatoms. The van der Waals surface area contributed by atoms with Crippen molar-refractivity contribution in [1.82, 2.24) is 10.1 Å². The molecule has 0 aliphatic heterocycles. The molecule has 1 aromatic carbocycles. The zero-order valence-electron chi connectivity index (χ0n) is 8.01. The first kappa shape index (κ1) is 10.6. The predicted molar refractivity (Wildman–Crippen MR) is 63.1 cm³/mol. The van der Waals surface area contributed by atoms with E-state index in [1.54, 1.807) is 6.92 Å². The van der Waals surface area contributed by atoms with Crippen molar-refractivity contribution in [3.63, 3.8) is 0 Å². The standard InChI is InChI=1S/C10H9IN2O2/c1-6(14)9-12-10(15-13-9)7-3-2-4-8(11)5-7/h2-6,14H,1H3. The van der Waals surface area contributed by atoms with Gasteiger partial charge in [0.15, 0.2) is 5.82 Å². The molecule has 0 saturated heterocycles. The summed E-state index contributed by atoms with van der Waals surface area (Å²) in [5.74, 6) is 0.744. The minimum absolute atomic E-state index is 0.309. The highest BCUT2D eigenvalue weighted by atomic mass is 127. The molecule has 1 N–H and O–H groups in total. The Morgan fingerprint density at radius 1 is 1.47 bits per heavy atom. The summed E-state index contributed by atoms with van der Waals surface area (Å²) in [6.45, 7) is 1.60. The van der Waals surface area contributed by atoms with Crippen LogP contribution in [0.1, 0.15) is 18.9 Å². The van der Waals surface area contributed by atoms with Crippen LogP contribution in [-0.4, -0.2) is 15.2 Å². The average Bonchev–Trinajstić information content (AvgIpc) is 2.66. The van der Waals surface area contributed by atoms with E-state index in [1.807, 2.05) is 24.3 Å². The maximum absolute atomic E-state index is 9.25. The molecule has 0 bridgehead atoms. The Morgan fingerprint density at radius 3 is 2.87 bits per heavy atom. The summed E-state index contributed by atoms with van der Waals surface area (Å²) in [7, 11) is 0. The number of aromatic nitrogens is 2. The van der Waals surface area contributed by atoms with Crippen LogP contribution in [0.3, 0.4) is 0 Å². The van der Waals surface area contributed by atoms with Crippen molar-refractivity contribution in [1.29, 1.82) is 0 Å². The summed E-state index contributed by atoms with van der Waals surface area (Å²) >= 11 is 2.21. The fourth-order valence-electron chi connectivity index (χ4n) is 1.14. The molecule has 0 spiro atoms. The summed E-state index contributed by atoms with van der Waals surface area (Å²) in [6, 6.07) is 7.74. The lowest BCUT2D eigenvalue weighted by atomic mass is 10.2. The van der Waals surface area contributed by atoms with E-state index in [2.05, 4.69) is 32.7 Å². The van der Waals surface area contributed by atoms with Gasteiger partial charge in [-0.25, -0.2) is 0 Å². The van der Waals surface area contributed by atoms with E-state index in [-0.39, 0.29) is 0 Å². The van der Waals surface area contributed by atoms with E-state index in [1.165, 1.54) is 0 Å². The molecule has 2 aromatic rings. The third-order valence-corrected chi connectivity index (χ3v) is 2.56. The average molecular weight is 316 g/mol. The largest absolute Gasteiger partial charge is 0.385 e. The second-order valence-corrected chi connectivity index (χ2v) is 4.39. The van der Waals surface area contributed by atoms with Crippen LogP contribution >= 0.6 is 22.6 Å². The van der Waals surface area contributed by atoms with Crippen LogP contribution in [0.4, 0.5) is 0 Å². The van der Waals surface area contributed by atoms with Crippen molar-refractivity contribution in [3.05, 3.63) is 33.7 Å². The lowest BCUT2D eigenvalue weighted by Gasteiger charge is -1.94. The van der Waals surface area contributed by atoms with Crippen LogP contribution in [0.5, 0.6) is 0 Å². The third-order valence-electron chi connectivity index (χ3n) is 1.89. The predicted octanol–water partition coefficient (Wildman–Crippen LogP) is 2.39. The van der Waals surface area contributed by atoms with E-state index in [9.17, 15) is 5.11 Å². The van der Waals surface area contributed by atoms with Crippen molar-refractivity contribution in [2.75, 3.05) is 0 Å². The number of aliphatic hydroxyl groups excluding tert-OH is 1. The molecule has 78 valence electrons. The molecule has 1 aromatic heterocycles. The van der Waals surface area contributed by atoms with E-state index < -0.39 is 6.10 Å². The third kappa shape index (κ3) is 2.35. The van der Waals surface area contributed by atoms with Gasteiger partial charge < -0.3 is 9.63 Å². The molecule has 0 fully saturated rings. The topological polar surface area (TPSA) is 59.2 Å². The minimum Gasteiger partial charge on any atom is -0.385 e. The first-order chi connectivity index (χ1) is 7.16. The van der Waals surface area contributed by atoms with Crippen molar-refractivity contribution >= 4 is 22.6 Å². The Balaban J connectivity index is 2.37. The monoisotopic (exact) mass is 316 g/mol. The van der Waals surface area contributed by atoms with Crippen molar-refractivity contribution < 1.29 is 9.63 Å². The molecule has 4 nitrogen and oxygen atoms in total. The van der Waals surface area contributed by atoms with Crippen LogP contribution < -0.4 is 0 Å². The Labute approximate surface area is 100 Å². The molecule has 1 unspecified atom stereocenters. The quantitative estimate of drug-likeness (QED) is 0.864. The van der Waals surface area contributed by atoms with Gasteiger partial charge in [-0.2, -0.15) is 4.98 Å². The normalized spacial score (nSPS) is 12.7. The Bertz CT molecular complexity index is 468. The fraction of sp³-hybridized carbons (Fsp3) is 0.200. The molecular formula is C10H9IN2O2. The minimum atomic E-state index is -0.703. The Kier molecular flexibility index (Phi) is 3.01. The number of rotatable bonds is 2. The van der Waals surface area contributed by atoms with Gasteiger partial charge in [0.1, 0.15) is 6.10 Å². The molecule has 0 amide bonds. The van der Waals surface area contributed by atoms with E-state index >= 15 is 0 Å². The van der Waals surface area contributed by atoms with Crippen molar-refractivity contribution in [3.8, 4) is 11.5 Å². The summed E-state index contributed by atoms with van der Waals surface area (Å²) in [6.07, 6.45) is -0.703. The Morgan fingerprint density at radius 2 is 2.27 bits per heavy atom. The molecule has 1 heterocycles. The summed E-state index contributed by atoms with van der Waals surface area (Å²) in [4.78, 5) is 4.09. The van der Waals surface area contributed by atoms with Crippen LogP contribution in [0, 0.1) is 3.57 Å². The second kappa shape index (κ2) is 4.28. The first-order valence-corrected chi connectivity index (χ1v) is 5.52. The van der Waals surface area contributed by atoms with Gasteiger partial charge in [0.2, 0.25) is 0 Å². The fourth-order valence-corrected chi connectivity index (χ4v) is 1.69. The highest BCUT2D eigenvalue weighted by Crippen LogP contribution is 2.20. The molecular weight excluding hydrogens is 307 g/mol. The lowest BCUT2D eigenvalue weighted by Crippen LogP contribution is -1.92. The van der Waals surface area contributed by atoms with Gasteiger partial charge in [0.25, 0.3) is 5.89 Å². The zero-order chi connectivity index (χ0) is 10.8. The number of hydrogen-bond donors (Lipinski definition) is 1. The molecule has 15 heavy (non-hydrogen) atoms. The highest BCUT2D eigenvalue weighted by molar-refractivity contribution is 14.1. The van der Waals surface area contributed by atoms with Gasteiger partial charge >= 0.3 is 0 Å². The zero-order valence-corrected chi connectivity index (χ0v) is 10.2. The van der Waals surface area contributed by atoms with Crippen molar-refractivity contribution in [2.45, 2.75) is 13.0 Å². The van der Waals surface area contributed by atoms with Gasteiger partial charge in [-0.05, 0) is 47.7 Å². The molecule has 0 aliphatic carbocycles. The molecule has 0 radical (unpaired) electrons. The van der Waals surface area contributed by atoms with E-state index in [4.69, 9.17) is 4.52 Å². The molecule has 0 saturated carbocycles. The second-order valence-electron chi connectivity index (χ2n) is 3.14. The number of benzene rings is 1. The summed E-state index contributed by atoms with van der Waals surface area (Å²) in [5, 5.41) is 12.9. The van der Waals surface area contributed by atoms with Crippen LogP contribution in [0.25, 0.3) is 11.5 Å². The van der Waals surface area contributed by atoms with Gasteiger partial charge in [-0.3, -0.25) is 0 Å². The smallest absolute Gasteiger partial charge is 0.258 e. The van der Waals surface area contributed by atoms with Crippen LogP contribution in [0.15, 0.2) is 28.8 Å². The SMILES string of the molecule is CC(O)c1noc(-c2cccc(I)c2)n1. The maximum Gasteiger partial charge on any atom is 0.258 e. The van der Waals surface area contributed by atoms with Crippen LogP contribution in [0.2, 0.25) is 0 Å². The number of hydrogen-bond acceptors (Lipinski definition) is 4. The molecule has 2 rings (SSSR count). The van der Waals surface area contributed by atoms with Gasteiger partial charge in [-0.1, -0.05) is 11.2 Å².